The number of carbonyl (C=O) groups excluding carboxylic acids is 2. The summed E-state index contributed by atoms with van der Waals surface area (Å²) in [6.07, 6.45) is 0. The fourth-order valence-electron chi connectivity index (χ4n) is 9.06. The average Bonchev–Trinajstić information content (AvgIpc) is 4.10. The van der Waals surface area contributed by atoms with Gasteiger partial charge in [0.25, 0.3) is 11.8 Å². The lowest BCUT2D eigenvalue weighted by molar-refractivity contribution is -0.150. The molecule has 4 heterocycles. The van der Waals surface area contributed by atoms with Crippen LogP contribution in [0.5, 0.6) is 0 Å². The maximum atomic E-state index is 15.1. The van der Waals surface area contributed by atoms with Crippen LogP contribution in [0.3, 0.4) is 0 Å². The summed E-state index contributed by atoms with van der Waals surface area (Å²) in [5.74, 6) is -3.68. The number of carboxylic acid groups (broad SMARTS) is 2. The lowest BCUT2D eigenvalue weighted by atomic mass is 9.77. The summed E-state index contributed by atoms with van der Waals surface area (Å²) in [7, 11) is 0. The minimum absolute atomic E-state index is 0.0581. The van der Waals surface area contributed by atoms with Crippen molar-refractivity contribution in [3.63, 3.8) is 0 Å². The number of rotatable bonds is 19. The number of nitrogens with one attached hydrogen (secondary N) is 2. The second-order valence-electron chi connectivity index (χ2n) is 16.7. The number of anilines is 1. The molecule has 0 saturated carbocycles. The van der Waals surface area contributed by atoms with E-state index < -0.39 is 52.9 Å². The van der Waals surface area contributed by atoms with Gasteiger partial charge in [-0.1, -0.05) is 199 Å². The monoisotopic (exact) mass is 1030 g/mol. The van der Waals surface area contributed by atoms with Crippen LogP contribution in [-0.4, -0.2) is 92.7 Å². The van der Waals surface area contributed by atoms with E-state index in [4.69, 9.17) is 15.0 Å². The third-order valence-corrected chi connectivity index (χ3v) is 15.5. The fourth-order valence-corrected chi connectivity index (χ4v) is 12.2. The van der Waals surface area contributed by atoms with E-state index in [2.05, 4.69) is 26.2 Å². The van der Waals surface area contributed by atoms with Crippen LogP contribution in [0.4, 0.5) is 5.13 Å². The lowest BCUT2D eigenvalue weighted by Crippen LogP contribution is -2.71. The molecule has 8 aromatic rings. The Morgan fingerprint density at radius 3 is 1.70 bits per heavy atom. The highest BCUT2D eigenvalue weighted by Gasteiger charge is 2.54. The first kappa shape index (κ1) is 48.2. The van der Waals surface area contributed by atoms with Gasteiger partial charge in [0.1, 0.15) is 34.9 Å². The maximum absolute atomic E-state index is 15.1. The van der Waals surface area contributed by atoms with Crippen molar-refractivity contribution in [2.75, 3.05) is 16.8 Å². The number of oxime groups is 1. The van der Waals surface area contributed by atoms with Crippen LogP contribution in [0.2, 0.25) is 0 Å². The van der Waals surface area contributed by atoms with Gasteiger partial charge >= 0.3 is 11.9 Å². The first-order valence-corrected chi connectivity index (χ1v) is 25.7. The topological polar surface area (TPSA) is 214 Å². The van der Waals surface area contributed by atoms with Crippen molar-refractivity contribution in [2.45, 2.75) is 34.3 Å². The molecule has 2 aliphatic rings. The SMILES string of the molecule is O=C(O)Cn1nnnc1SCC1=C(C(=O)O)N2C(=O)C(NC(=O)/C(=N\OC(c3ccccc3)(c3ccccc3)c3ccccc3)c3csc(NC(c4ccccc4)(c4ccccc4)c4ccccc4)n3)[C@H]2SC1. The summed E-state index contributed by atoms with van der Waals surface area (Å²) in [4.78, 5) is 66.7. The standard InChI is InChI=1S/C54H43N9O7S3/c64-43(65)31-62-52(58-60-61-62)73-33-35-32-71-49-45(48(67)63(49)46(35)50(68)69)56-47(66)44(59-70-54(39-25-13-4-14-26-39,40-27-15-5-16-28-40)41-29-17-6-18-30-41)42-34-72-51(55-42)57-53(36-19-7-1-8-20-36,37-21-9-2-10-22-37)38-23-11-3-12-24-38/h1-30,34,45,49H,31-33H2,(H,55,57)(H,56,66)(H,64,65)(H,68,69)/b59-44-/t45?,49-/m1/s1. The quantitative estimate of drug-likeness (QED) is 0.0200. The Kier molecular flexibility index (Phi) is 14.0. The van der Waals surface area contributed by atoms with Gasteiger partial charge in [-0.05, 0) is 32.7 Å². The predicted molar refractivity (Wildman–Crippen MR) is 278 cm³/mol. The van der Waals surface area contributed by atoms with Crippen molar-refractivity contribution in [3.8, 4) is 0 Å². The number of β-lactam (4-membered cyclic amide) rings is 1. The van der Waals surface area contributed by atoms with Gasteiger partial charge in [0.2, 0.25) is 10.8 Å². The largest absolute Gasteiger partial charge is 0.480 e. The summed E-state index contributed by atoms with van der Waals surface area (Å²) in [5, 5.41) is 43.9. The number of benzene rings is 6. The molecular weight excluding hydrogens is 983 g/mol. The van der Waals surface area contributed by atoms with Crippen LogP contribution >= 0.6 is 34.9 Å². The van der Waals surface area contributed by atoms with Gasteiger partial charge in [-0.2, -0.15) is 0 Å². The number of hydrogen-bond acceptors (Lipinski definition) is 14. The number of aromatic nitrogens is 5. The normalized spacial score (nSPS) is 15.8. The molecule has 19 heteroatoms. The Bertz CT molecular complexity index is 3140. The number of thiazole rings is 1. The van der Waals surface area contributed by atoms with Crippen LogP contribution in [0.15, 0.2) is 209 Å². The Balaban J connectivity index is 1.04. The molecule has 0 bridgehead atoms. The molecule has 0 aliphatic carbocycles. The molecule has 10 rings (SSSR count). The van der Waals surface area contributed by atoms with E-state index in [9.17, 15) is 24.6 Å². The van der Waals surface area contributed by atoms with Gasteiger partial charge < -0.3 is 25.7 Å². The zero-order valence-corrected chi connectivity index (χ0v) is 40.9. The molecule has 4 N–H and O–H groups in total. The minimum atomic E-state index is -1.40. The second-order valence-corrected chi connectivity index (χ2v) is 19.6. The zero-order valence-electron chi connectivity index (χ0n) is 38.5. The molecule has 1 fully saturated rings. The third-order valence-electron chi connectivity index (χ3n) is 12.4. The van der Waals surface area contributed by atoms with E-state index in [1.165, 1.54) is 23.1 Å². The van der Waals surface area contributed by atoms with Crippen molar-refractivity contribution in [3.05, 3.63) is 238 Å². The van der Waals surface area contributed by atoms with E-state index in [-0.39, 0.29) is 33.8 Å². The summed E-state index contributed by atoms with van der Waals surface area (Å²) >= 11 is 3.59. The molecular formula is C54H43N9O7S3. The number of nitrogens with zero attached hydrogens (tertiary/aromatic N) is 7. The maximum Gasteiger partial charge on any atom is 0.352 e. The fraction of sp³-hybridized carbons (Fsp3) is 0.130. The molecule has 0 radical (unpaired) electrons. The molecule has 2 aliphatic heterocycles. The lowest BCUT2D eigenvalue weighted by Gasteiger charge is -2.49. The summed E-state index contributed by atoms with van der Waals surface area (Å²) < 4.78 is 1.09. The molecule has 2 amide bonds. The molecule has 1 unspecified atom stereocenters. The van der Waals surface area contributed by atoms with Gasteiger partial charge in [-0.25, -0.2) is 14.5 Å². The zero-order chi connectivity index (χ0) is 50.4. The van der Waals surface area contributed by atoms with E-state index in [0.717, 1.165) is 54.7 Å². The van der Waals surface area contributed by atoms with Crippen LogP contribution in [0, 0.1) is 0 Å². The van der Waals surface area contributed by atoms with Crippen LogP contribution < -0.4 is 10.6 Å². The number of aliphatic carboxylic acids is 2. The highest BCUT2D eigenvalue weighted by Crippen LogP contribution is 2.44. The van der Waals surface area contributed by atoms with E-state index in [1.807, 2.05) is 182 Å². The van der Waals surface area contributed by atoms with Crippen LogP contribution in [0.1, 0.15) is 39.1 Å². The molecule has 364 valence electrons. The number of tetrazole rings is 1. The number of thioether (sulfide) groups is 2. The Labute approximate surface area is 430 Å². The van der Waals surface area contributed by atoms with E-state index in [1.54, 1.807) is 5.38 Å². The van der Waals surface area contributed by atoms with Gasteiger partial charge in [0, 0.05) is 33.6 Å². The number of carbonyl (C=O) groups is 4. The minimum Gasteiger partial charge on any atom is -0.480 e. The first-order valence-electron chi connectivity index (χ1n) is 22.8. The van der Waals surface area contributed by atoms with E-state index in [0.29, 0.717) is 10.7 Å². The average molecular weight is 1030 g/mol. The number of carboxylic acids is 2. The molecule has 16 nitrogen and oxygen atoms in total. The Morgan fingerprint density at radius 2 is 1.22 bits per heavy atom. The van der Waals surface area contributed by atoms with Crippen molar-refractivity contribution < 1.29 is 34.2 Å². The van der Waals surface area contributed by atoms with Crippen LogP contribution in [0.25, 0.3) is 0 Å². The second kappa shape index (κ2) is 21.1. The van der Waals surface area contributed by atoms with Crippen LogP contribution in [-0.2, 0) is 41.7 Å². The molecule has 6 aromatic carbocycles. The summed E-state index contributed by atoms with van der Waals surface area (Å²) in [6, 6.07) is 57.6. The molecule has 73 heavy (non-hydrogen) atoms. The molecule has 0 spiro atoms. The first-order chi connectivity index (χ1) is 35.7. The highest BCUT2D eigenvalue weighted by atomic mass is 32.2. The van der Waals surface area contributed by atoms with Crippen molar-refractivity contribution in [1.82, 2.24) is 35.4 Å². The van der Waals surface area contributed by atoms with E-state index >= 15 is 4.79 Å². The third kappa shape index (κ3) is 9.48. The number of hydrogen-bond donors (Lipinski definition) is 4. The van der Waals surface area contributed by atoms with Gasteiger partial charge in [0.05, 0.1) is 0 Å². The summed E-state index contributed by atoms with van der Waals surface area (Å²) in [6.45, 7) is -0.486. The smallest absolute Gasteiger partial charge is 0.352 e. The predicted octanol–water partition coefficient (Wildman–Crippen LogP) is 7.86. The Morgan fingerprint density at radius 1 is 0.726 bits per heavy atom. The van der Waals surface area contributed by atoms with Crippen molar-refractivity contribution in [2.24, 2.45) is 5.16 Å². The van der Waals surface area contributed by atoms with Gasteiger partial charge in [-0.15, -0.1) is 28.2 Å². The van der Waals surface area contributed by atoms with Crippen molar-refractivity contribution >= 4 is 69.5 Å². The molecule has 1 saturated heterocycles. The molecule has 2 aromatic heterocycles. The summed E-state index contributed by atoms with van der Waals surface area (Å²) in [5.41, 5.74) is 2.69. The highest BCUT2D eigenvalue weighted by molar-refractivity contribution is 8.01. The number of fused-ring (bicyclic) bond motifs is 1. The number of amides is 2. The van der Waals surface area contributed by atoms with Gasteiger partial charge in [0.15, 0.2) is 10.8 Å². The van der Waals surface area contributed by atoms with Gasteiger partial charge in [-0.3, -0.25) is 19.3 Å². The Hall–Kier alpha value is -8.39. The van der Waals surface area contributed by atoms with Crippen molar-refractivity contribution in [1.29, 1.82) is 0 Å². The molecule has 2 atom stereocenters.